The van der Waals surface area contributed by atoms with E-state index < -0.39 is 11.0 Å². The number of carbonyl (C=O) groups excluding carboxylic acids is 2. The van der Waals surface area contributed by atoms with Crippen LogP contribution in [0.5, 0.6) is 0 Å². The fourth-order valence-corrected chi connectivity index (χ4v) is 8.38. The first kappa shape index (κ1) is 18.8. The van der Waals surface area contributed by atoms with Gasteiger partial charge in [-0.15, -0.1) is 0 Å². The molecule has 0 amide bonds. The molecule has 8 atom stereocenters. The number of allylic oxidation sites excluding steroid dienone is 1. The largest absolute Gasteiger partial charge is 0.389 e. The lowest BCUT2D eigenvalue weighted by atomic mass is 9.46. The zero-order chi connectivity index (χ0) is 19.1. The molecule has 4 rings (SSSR count). The molecular formula is C21H29BrO4. The molecule has 0 aromatic rings. The monoisotopic (exact) mass is 424 g/mol. The van der Waals surface area contributed by atoms with Crippen molar-refractivity contribution in [2.45, 2.75) is 75.8 Å². The van der Waals surface area contributed by atoms with E-state index in [4.69, 9.17) is 0 Å². The van der Waals surface area contributed by atoms with Gasteiger partial charge in [-0.3, -0.25) is 9.59 Å². The Morgan fingerprint density at radius 3 is 2.65 bits per heavy atom. The highest BCUT2D eigenvalue weighted by Gasteiger charge is 2.70. The van der Waals surface area contributed by atoms with E-state index in [9.17, 15) is 19.8 Å². The minimum absolute atomic E-state index is 0.0536. The zero-order valence-corrected chi connectivity index (χ0v) is 17.4. The van der Waals surface area contributed by atoms with Gasteiger partial charge in [-0.05, 0) is 56.3 Å². The first-order chi connectivity index (χ1) is 12.1. The Morgan fingerprint density at radius 1 is 1.31 bits per heavy atom. The molecule has 0 radical (unpaired) electrons. The van der Waals surface area contributed by atoms with E-state index in [1.807, 2.05) is 13.0 Å². The maximum Gasteiger partial charge on any atom is 0.163 e. The van der Waals surface area contributed by atoms with Crippen LogP contribution in [0.3, 0.4) is 0 Å². The smallest absolute Gasteiger partial charge is 0.163 e. The summed E-state index contributed by atoms with van der Waals surface area (Å²) < 4.78 is 0. The molecule has 5 heteroatoms. The van der Waals surface area contributed by atoms with Crippen molar-refractivity contribution in [1.29, 1.82) is 0 Å². The number of Topliss-reactive ketones (excluding diaryl/α,β-unsaturated/α-hetero) is 2. The van der Waals surface area contributed by atoms with E-state index in [1.54, 1.807) is 0 Å². The van der Waals surface area contributed by atoms with E-state index in [-0.39, 0.29) is 52.1 Å². The van der Waals surface area contributed by atoms with Crippen LogP contribution in [0.15, 0.2) is 11.6 Å². The minimum atomic E-state index is -1.47. The highest BCUT2D eigenvalue weighted by Crippen LogP contribution is 2.67. The summed E-state index contributed by atoms with van der Waals surface area (Å²) in [6.07, 6.45) is 5.94. The maximum atomic E-state index is 13.4. The van der Waals surface area contributed by atoms with Gasteiger partial charge in [0.25, 0.3) is 0 Å². The molecule has 4 aliphatic rings. The Hall–Kier alpha value is -0.520. The summed E-state index contributed by atoms with van der Waals surface area (Å²) in [6.45, 7) is 5.59. The van der Waals surface area contributed by atoms with Gasteiger partial charge < -0.3 is 10.2 Å². The second-order valence-corrected chi connectivity index (χ2v) is 10.7. The molecule has 0 aromatic carbocycles. The summed E-state index contributed by atoms with van der Waals surface area (Å²) in [5.41, 5.74) is -1.11. The van der Waals surface area contributed by atoms with Gasteiger partial charge >= 0.3 is 0 Å². The molecule has 3 saturated carbocycles. The second-order valence-electron chi connectivity index (χ2n) is 9.59. The molecule has 0 aliphatic heterocycles. The lowest BCUT2D eigenvalue weighted by Crippen LogP contribution is -2.61. The van der Waals surface area contributed by atoms with Crippen molar-refractivity contribution in [3.05, 3.63) is 11.6 Å². The van der Waals surface area contributed by atoms with Crippen LogP contribution in [0, 0.1) is 28.6 Å². The van der Waals surface area contributed by atoms with Crippen LogP contribution < -0.4 is 0 Å². The van der Waals surface area contributed by atoms with E-state index in [0.29, 0.717) is 6.42 Å². The third-order valence-corrected chi connectivity index (χ3v) is 9.53. The molecular weight excluding hydrogens is 396 g/mol. The van der Waals surface area contributed by atoms with Crippen LogP contribution in [0.25, 0.3) is 0 Å². The Labute approximate surface area is 163 Å². The van der Waals surface area contributed by atoms with E-state index in [0.717, 1.165) is 25.7 Å². The lowest BCUT2D eigenvalue weighted by molar-refractivity contribution is -0.166. The number of hydrogen-bond acceptors (Lipinski definition) is 4. The Kier molecular flexibility index (Phi) is 4.16. The fraction of sp³-hybridized carbons (Fsp3) is 0.810. The van der Waals surface area contributed by atoms with Crippen molar-refractivity contribution in [2.24, 2.45) is 28.6 Å². The lowest BCUT2D eigenvalue weighted by Gasteiger charge is -2.58. The first-order valence-electron chi connectivity index (χ1n) is 9.85. The standard InChI is InChI=1S/C21H29BrO4/c1-11(23)21(26)17(22)9-15-14-5-4-12-8-13(24)6-7-19(12,2)18(14)16(25)10-20(15,21)3/h8,13-15,17-18,24,26H,4-7,9-10H2,1-3H3/t13-,14-,15-,17+,18+,19-,20-,21+/m0/s1. The Balaban J connectivity index is 1.78. The number of aliphatic hydroxyl groups is 2. The number of carbonyl (C=O) groups is 2. The summed E-state index contributed by atoms with van der Waals surface area (Å²) in [6, 6.07) is 0. The van der Waals surface area contributed by atoms with Crippen molar-refractivity contribution < 1.29 is 19.8 Å². The number of fused-ring (bicyclic) bond motifs is 5. The molecule has 0 aromatic heterocycles. The van der Waals surface area contributed by atoms with Crippen LogP contribution >= 0.6 is 15.9 Å². The van der Waals surface area contributed by atoms with Crippen LogP contribution in [0.2, 0.25) is 0 Å². The van der Waals surface area contributed by atoms with E-state index in [2.05, 4.69) is 22.9 Å². The number of rotatable bonds is 1. The van der Waals surface area contributed by atoms with Gasteiger partial charge in [0.1, 0.15) is 11.4 Å². The Bertz CT molecular complexity index is 702. The summed E-state index contributed by atoms with van der Waals surface area (Å²) in [5, 5.41) is 21.4. The number of aliphatic hydroxyl groups excluding tert-OH is 1. The van der Waals surface area contributed by atoms with Crippen molar-refractivity contribution in [2.75, 3.05) is 0 Å². The van der Waals surface area contributed by atoms with Gasteiger partial charge in [0, 0.05) is 17.8 Å². The molecule has 0 unspecified atom stereocenters. The predicted molar refractivity (Wildman–Crippen MR) is 102 cm³/mol. The summed E-state index contributed by atoms with van der Waals surface area (Å²) >= 11 is 3.59. The quantitative estimate of drug-likeness (QED) is 0.500. The molecule has 2 N–H and O–H groups in total. The van der Waals surface area contributed by atoms with Gasteiger partial charge in [0.05, 0.1) is 10.9 Å². The highest BCUT2D eigenvalue weighted by molar-refractivity contribution is 9.09. The highest BCUT2D eigenvalue weighted by atomic mass is 79.9. The number of hydrogen-bond donors (Lipinski definition) is 2. The third-order valence-electron chi connectivity index (χ3n) is 8.49. The molecule has 3 fully saturated rings. The Morgan fingerprint density at radius 2 is 2.00 bits per heavy atom. The van der Waals surface area contributed by atoms with Crippen molar-refractivity contribution in [1.82, 2.24) is 0 Å². The minimum Gasteiger partial charge on any atom is -0.389 e. The molecule has 4 nitrogen and oxygen atoms in total. The van der Waals surface area contributed by atoms with Crippen LogP contribution in [0.1, 0.15) is 59.3 Å². The molecule has 0 saturated heterocycles. The molecule has 144 valence electrons. The van der Waals surface area contributed by atoms with Gasteiger partial charge in [-0.1, -0.05) is 41.4 Å². The molecule has 0 heterocycles. The van der Waals surface area contributed by atoms with Crippen LogP contribution in [0.4, 0.5) is 0 Å². The van der Waals surface area contributed by atoms with Gasteiger partial charge in [-0.25, -0.2) is 0 Å². The number of alkyl halides is 1. The predicted octanol–water partition coefficient (Wildman–Crippen LogP) is 3.18. The molecule has 0 spiro atoms. The van der Waals surface area contributed by atoms with Gasteiger partial charge in [0.2, 0.25) is 0 Å². The average Bonchev–Trinajstić information content (AvgIpc) is 2.76. The van der Waals surface area contributed by atoms with E-state index >= 15 is 0 Å². The first-order valence-corrected chi connectivity index (χ1v) is 10.8. The number of halogens is 1. The molecule has 4 aliphatic carbocycles. The summed E-state index contributed by atoms with van der Waals surface area (Å²) in [7, 11) is 0. The third kappa shape index (κ3) is 2.14. The fourth-order valence-electron chi connectivity index (χ4n) is 7.13. The normalized spacial score (nSPS) is 53.4. The molecule has 0 bridgehead atoms. The summed E-state index contributed by atoms with van der Waals surface area (Å²) in [4.78, 5) is 25.5. The molecule has 26 heavy (non-hydrogen) atoms. The second kappa shape index (κ2) is 5.74. The van der Waals surface area contributed by atoms with Crippen LogP contribution in [-0.4, -0.2) is 38.3 Å². The zero-order valence-electron chi connectivity index (χ0n) is 15.8. The topological polar surface area (TPSA) is 74.6 Å². The van der Waals surface area contributed by atoms with Crippen molar-refractivity contribution in [3.8, 4) is 0 Å². The van der Waals surface area contributed by atoms with Gasteiger partial charge in [0.15, 0.2) is 5.78 Å². The van der Waals surface area contributed by atoms with Gasteiger partial charge in [-0.2, -0.15) is 0 Å². The van der Waals surface area contributed by atoms with E-state index in [1.165, 1.54) is 12.5 Å². The number of ketones is 2. The van der Waals surface area contributed by atoms with Crippen molar-refractivity contribution >= 4 is 27.5 Å². The maximum absolute atomic E-state index is 13.4. The van der Waals surface area contributed by atoms with Crippen LogP contribution in [-0.2, 0) is 9.59 Å². The average molecular weight is 425 g/mol. The SMILES string of the molecule is CC(=O)[C@@]1(O)[C@H](Br)C[C@H]2[C@@H]3CCC4=C[C@@H](O)CC[C@]4(C)[C@H]3C(=O)C[C@@]21C. The summed E-state index contributed by atoms with van der Waals surface area (Å²) in [5.74, 6) is 0.265. The van der Waals surface area contributed by atoms with Crippen molar-refractivity contribution in [3.63, 3.8) is 0 Å².